The lowest BCUT2D eigenvalue weighted by Gasteiger charge is -2.10. The number of halogens is 1. The van der Waals surface area contributed by atoms with Crippen LogP contribution in [-0.2, 0) is 4.79 Å². The van der Waals surface area contributed by atoms with Gasteiger partial charge in [-0.3, -0.25) is 20.4 Å². The summed E-state index contributed by atoms with van der Waals surface area (Å²) in [5.74, 6) is 1.07. The van der Waals surface area contributed by atoms with Gasteiger partial charge >= 0.3 is 0 Å². The zero-order valence-electron chi connectivity index (χ0n) is 15.1. The van der Waals surface area contributed by atoms with Gasteiger partial charge in [-0.25, -0.2) is 0 Å². The lowest BCUT2D eigenvalue weighted by atomic mass is 10.2. The summed E-state index contributed by atoms with van der Waals surface area (Å²) in [6.45, 7) is 0. The van der Waals surface area contributed by atoms with Gasteiger partial charge in [0, 0.05) is 28.0 Å². The third kappa shape index (κ3) is 7.03. The van der Waals surface area contributed by atoms with Crippen LogP contribution in [-0.4, -0.2) is 31.8 Å². The van der Waals surface area contributed by atoms with Crippen LogP contribution in [0.5, 0.6) is 11.5 Å². The largest absolute Gasteiger partial charge is 0.497 e. The molecule has 0 bridgehead atoms. The Kier molecular flexibility index (Phi) is 8.29. The second kappa shape index (κ2) is 10.7. The highest BCUT2D eigenvalue weighted by molar-refractivity contribution is 7.99. The Labute approximate surface area is 167 Å². The van der Waals surface area contributed by atoms with Gasteiger partial charge in [0.05, 0.1) is 14.2 Å². The van der Waals surface area contributed by atoms with Crippen molar-refractivity contribution in [1.29, 1.82) is 0 Å². The molecular formula is C19H21ClN2O4S. The van der Waals surface area contributed by atoms with E-state index in [1.165, 1.54) is 14.2 Å². The van der Waals surface area contributed by atoms with Gasteiger partial charge in [0.15, 0.2) is 0 Å². The summed E-state index contributed by atoms with van der Waals surface area (Å²) in [4.78, 5) is 25.2. The minimum absolute atomic E-state index is 0.255. The molecular weight excluding hydrogens is 388 g/mol. The van der Waals surface area contributed by atoms with Crippen LogP contribution in [0.25, 0.3) is 0 Å². The van der Waals surface area contributed by atoms with Crippen LogP contribution < -0.4 is 20.3 Å². The molecule has 144 valence electrons. The predicted octanol–water partition coefficient (Wildman–Crippen LogP) is 3.69. The molecule has 0 saturated heterocycles. The summed E-state index contributed by atoms with van der Waals surface area (Å²) < 4.78 is 10.2. The molecule has 6 nitrogen and oxygen atoms in total. The second-order valence-electron chi connectivity index (χ2n) is 5.51. The van der Waals surface area contributed by atoms with E-state index in [9.17, 15) is 9.59 Å². The van der Waals surface area contributed by atoms with E-state index in [0.717, 1.165) is 10.6 Å². The number of benzene rings is 2. The van der Waals surface area contributed by atoms with Crippen molar-refractivity contribution in [3.8, 4) is 11.5 Å². The number of hydrazine groups is 1. The summed E-state index contributed by atoms with van der Waals surface area (Å²) in [7, 11) is 3.00. The minimum atomic E-state index is -0.448. The fourth-order valence-corrected chi connectivity index (χ4v) is 3.13. The van der Waals surface area contributed by atoms with Crippen LogP contribution in [0, 0.1) is 0 Å². The topological polar surface area (TPSA) is 76.7 Å². The Morgan fingerprint density at radius 2 is 1.63 bits per heavy atom. The maximum absolute atomic E-state index is 12.2. The van der Waals surface area contributed by atoms with Crippen molar-refractivity contribution in [1.82, 2.24) is 10.9 Å². The number of thioether (sulfide) groups is 1. The average molecular weight is 409 g/mol. The molecule has 2 aromatic carbocycles. The smallest absolute Gasteiger partial charge is 0.269 e. The number of ether oxygens (including phenoxy) is 2. The van der Waals surface area contributed by atoms with Crippen LogP contribution in [0.1, 0.15) is 23.2 Å². The summed E-state index contributed by atoms with van der Waals surface area (Å²) in [5, 5.41) is 0.697. The molecule has 0 saturated carbocycles. The van der Waals surface area contributed by atoms with E-state index in [-0.39, 0.29) is 5.91 Å². The summed E-state index contributed by atoms with van der Waals surface area (Å²) in [6, 6.07) is 12.3. The van der Waals surface area contributed by atoms with Gasteiger partial charge in [0.25, 0.3) is 5.91 Å². The van der Waals surface area contributed by atoms with Crippen molar-refractivity contribution in [2.45, 2.75) is 17.7 Å². The quantitative estimate of drug-likeness (QED) is 0.395. The molecule has 0 heterocycles. The van der Waals surface area contributed by atoms with Crippen molar-refractivity contribution in [2.24, 2.45) is 0 Å². The molecule has 0 aromatic heterocycles. The molecule has 0 fully saturated rings. The molecule has 2 rings (SSSR count). The summed E-state index contributed by atoms with van der Waals surface area (Å²) in [6.07, 6.45) is 0.990. The first-order chi connectivity index (χ1) is 13.0. The number of hydrogen-bond donors (Lipinski definition) is 2. The standard InChI is InChI=1S/C19H21ClN2O4S/c1-25-15-10-13(11-16(12-15)26-2)19(24)22-21-18(23)4-3-9-27-17-7-5-14(20)6-8-17/h5-8,10-12H,3-4,9H2,1-2H3,(H,21,23)(H,22,24). The van der Waals surface area contributed by atoms with E-state index < -0.39 is 5.91 Å². The van der Waals surface area contributed by atoms with E-state index >= 15 is 0 Å². The van der Waals surface area contributed by atoms with Crippen molar-refractivity contribution in [2.75, 3.05) is 20.0 Å². The van der Waals surface area contributed by atoms with Crippen LogP contribution in [0.2, 0.25) is 5.02 Å². The number of nitrogens with one attached hydrogen (secondary N) is 2. The number of amides is 2. The molecule has 2 amide bonds. The van der Waals surface area contributed by atoms with Gasteiger partial charge < -0.3 is 9.47 Å². The third-order valence-electron chi connectivity index (χ3n) is 3.56. The number of carbonyl (C=O) groups excluding carboxylic acids is 2. The average Bonchev–Trinajstić information content (AvgIpc) is 2.70. The van der Waals surface area contributed by atoms with Crippen LogP contribution in [0.4, 0.5) is 0 Å². The maximum atomic E-state index is 12.2. The zero-order chi connectivity index (χ0) is 19.6. The lowest BCUT2D eigenvalue weighted by molar-refractivity contribution is -0.121. The molecule has 0 aliphatic rings. The van der Waals surface area contributed by atoms with Crippen LogP contribution in [0.3, 0.4) is 0 Å². The minimum Gasteiger partial charge on any atom is -0.497 e. The summed E-state index contributed by atoms with van der Waals surface area (Å²) in [5.41, 5.74) is 5.13. The van der Waals surface area contributed by atoms with Gasteiger partial charge in [0.1, 0.15) is 11.5 Å². The first-order valence-corrected chi connectivity index (χ1v) is 9.59. The number of hydrogen-bond acceptors (Lipinski definition) is 5. The Balaban J connectivity index is 1.73. The summed E-state index contributed by atoms with van der Waals surface area (Å²) >= 11 is 7.49. The lowest BCUT2D eigenvalue weighted by Crippen LogP contribution is -2.41. The van der Waals surface area contributed by atoms with Gasteiger partial charge in [-0.15, -0.1) is 11.8 Å². The number of methoxy groups -OCH3 is 2. The van der Waals surface area contributed by atoms with Crippen LogP contribution >= 0.6 is 23.4 Å². The monoisotopic (exact) mass is 408 g/mol. The first kappa shape index (κ1) is 20.9. The molecule has 0 unspecified atom stereocenters. The SMILES string of the molecule is COc1cc(OC)cc(C(=O)NNC(=O)CCCSc2ccc(Cl)cc2)c1. The predicted molar refractivity (Wildman–Crippen MR) is 107 cm³/mol. The first-order valence-electron chi connectivity index (χ1n) is 8.22. The fourth-order valence-electron chi connectivity index (χ4n) is 2.15. The molecule has 8 heteroatoms. The highest BCUT2D eigenvalue weighted by atomic mass is 35.5. The van der Waals surface area contributed by atoms with E-state index in [4.69, 9.17) is 21.1 Å². The van der Waals surface area contributed by atoms with Gasteiger partial charge in [-0.1, -0.05) is 11.6 Å². The van der Waals surface area contributed by atoms with Crippen molar-refractivity contribution >= 4 is 35.2 Å². The highest BCUT2D eigenvalue weighted by Crippen LogP contribution is 2.22. The molecule has 0 aliphatic carbocycles. The Bertz CT molecular complexity index is 762. The maximum Gasteiger partial charge on any atom is 0.269 e. The van der Waals surface area contributed by atoms with E-state index in [1.54, 1.807) is 30.0 Å². The molecule has 0 radical (unpaired) electrons. The molecule has 0 atom stereocenters. The van der Waals surface area contributed by atoms with E-state index in [0.29, 0.717) is 34.9 Å². The molecule has 0 aliphatic heterocycles. The molecule has 2 N–H and O–H groups in total. The van der Waals surface area contributed by atoms with Crippen molar-refractivity contribution in [3.63, 3.8) is 0 Å². The molecule has 27 heavy (non-hydrogen) atoms. The number of carbonyl (C=O) groups is 2. The van der Waals surface area contributed by atoms with Gasteiger partial charge in [-0.2, -0.15) is 0 Å². The molecule has 2 aromatic rings. The van der Waals surface area contributed by atoms with E-state index in [1.807, 2.05) is 24.3 Å². The third-order valence-corrected chi connectivity index (χ3v) is 4.91. The Morgan fingerprint density at radius 1 is 1.00 bits per heavy atom. The Hall–Kier alpha value is -2.38. The normalized spacial score (nSPS) is 10.2. The van der Waals surface area contributed by atoms with Crippen LogP contribution in [0.15, 0.2) is 47.4 Å². The van der Waals surface area contributed by atoms with Gasteiger partial charge in [0.2, 0.25) is 5.91 Å². The van der Waals surface area contributed by atoms with Crippen molar-refractivity contribution in [3.05, 3.63) is 53.1 Å². The number of rotatable bonds is 8. The zero-order valence-corrected chi connectivity index (χ0v) is 16.7. The van der Waals surface area contributed by atoms with Crippen molar-refractivity contribution < 1.29 is 19.1 Å². The second-order valence-corrected chi connectivity index (χ2v) is 7.11. The highest BCUT2D eigenvalue weighted by Gasteiger charge is 2.11. The van der Waals surface area contributed by atoms with Gasteiger partial charge in [-0.05, 0) is 48.6 Å². The Morgan fingerprint density at radius 3 is 2.22 bits per heavy atom. The molecule has 0 spiro atoms. The van der Waals surface area contributed by atoms with E-state index in [2.05, 4.69) is 10.9 Å². The fraction of sp³-hybridized carbons (Fsp3) is 0.263.